The summed E-state index contributed by atoms with van der Waals surface area (Å²) in [4.78, 5) is 1.40. The van der Waals surface area contributed by atoms with Crippen LogP contribution >= 0.6 is 22.9 Å². The maximum atomic E-state index is 5.99. The van der Waals surface area contributed by atoms with Gasteiger partial charge in [0.05, 0.1) is 4.34 Å². The lowest BCUT2D eigenvalue weighted by Crippen LogP contribution is -2.33. The summed E-state index contributed by atoms with van der Waals surface area (Å²) in [6.07, 6.45) is 2.32. The summed E-state index contributed by atoms with van der Waals surface area (Å²) < 4.78 is 0.897. The molecule has 1 N–H and O–H groups in total. The van der Waals surface area contributed by atoms with Crippen LogP contribution in [0.25, 0.3) is 0 Å². The standard InChI is InChI=1S/C14H24ClNS/c1-5-8-16-10-11(14(2,3)4)9-12-6-7-13(15)17-12/h6-7,11,16H,5,8-10H2,1-4H3. The van der Waals surface area contributed by atoms with Crippen LogP contribution in [0.4, 0.5) is 0 Å². The molecule has 0 spiro atoms. The Kier molecular flexibility index (Phi) is 5.98. The van der Waals surface area contributed by atoms with Gasteiger partial charge in [0.25, 0.3) is 0 Å². The third-order valence-electron chi connectivity index (χ3n) is 3.12. The molecule has 0 bridgehead atoms. The second kappa shape index (κ2) is 6.77. The Morgan fingerprint density at radius 3 is 2.53 bits per heavy atom. The maximum Gasteiger partial charge on any atom is 0.0931 e. The molecule has 0 aliphatic rings. The van der Waals surface area contributed by atoms with E-state index < -0.39 is 0 Å². The predicted molar refractivity (Wildman–Crippen MR) is 79.1 cm³/mol. The first kappa shape index (κ1) is 15.0. The van der Waals surface area contributed by atoms with Gasteiger partial charge in [0.15, 0.2) is 0 Å². The Labute approximate surface area is 115 Å². The number of nitrogens with one attached hydrogen (secondary N) is 1. The van der Waals surface area contributed by atoms with Crippen molar-refractivity contribution < 1.29 is 0 Å². The first-order valence-corrected chi connectivity index (χ1v) is 7.58. The summed E-state index contributed by atoms with van der Waals surface area (Å²) in [5.74, 6) is 0.656. The molecule has 0 fully saturated rings. The summed E-state index contributed by atoms with van der Waals surface area (Å²) in [6, 6.07) is 4.16. The molecule has 0 amide bonds. The van der Waals surface area contributed by atoms with Crippen molar-refractivity contribution in [2.45, 2.75) is 40.5 Å². The molecule has 0 aromatic carbocycles. The molecule has 17 heavy (non-hydrogen) atoms. The quantitative estimate of drug-likeness (QED) is 0.747. The van der Waals surface area contributed by atoms with Crippen LogP contribution < -0.4 is 5.32 Å². The Morgan fingerprint density at radius 1 is 1.35 bits per heavy atom. The number of hydrogen-bond acceptors (Lipinski definition) is 2. The highest BCUT2D eigenvalue weighted by Crippen LogP contribution is 2.31. The van der Waals surface area contributed by atoms with Crippen LogP contribution in [-0.2, 0) is 6.42 Å². The van der Waals surface area contributed by atoms with Gasteiger partial charge in [-0.3, -0.25) is 0 Å². The number of halogens is 1. The molecule has 1 atom stereocenters. The predicted octanol–water partition coefficient (Wildman–Crippen LogP) is 4.61. The fourth-order valence-electron chi connectivity index (χ4n) is 1.84. The van der Waals surface area contributed by atoms with Crippen LogP contribution in [-0.4, -0.2) is 13.1 Å². The van der Waals surface area contributed by atoms with Gasteiger partial charge in [-0.2, -0.15) is 0 Å². The van der Waals surface area contributed by atoms with Crippen molar-refractivity contribution in [1.29, 1.82) is 0 Å². The largest absolute Gasteiger partial charge is 0.316 e. The van der Waals surface area contributed by atoms with Crippen LogP contribution in [0.2, 0.25) is 4.34 Å². The number of thiophene rings is 1. The topological polar surface area (TPSA) is 12.0 Å². The molecule has 1 aromatic rings. The van der Waals surface area contributed by atoms with Gasteiger partial charge in [0.2, 0.25) is 0 Å². The van der Waals surface area contributed by atoms with Gasteiger partial charge < -0.3 is 5.32 Å². The molecule has 0 radical (unpaired) electrons. The zero-order valence-electron chi connectivity index (χ0n) is 11.3. The highest BCUT2D eigenvalue weighted by Gasteiger charge is 2.24. The molecular weight excluding hydrogens is 250 g/mol. The highest BCUT2D eigenvalue weighted by molar-refractivity contribution is 7.16. The van der Waals surface area contributed by atoms with Crippen molar-refractivity contribution in [2.24, 2.45) is 11.3 Å². The maximum absolute atomic E-state index is 5.99. The molecule has 0 saturated heterocycles. The lowest BCUT2D eigenvalue weighted by Gasteiger charge is -2.30. The fraction of sp³-hybridized carbons (Fsp3) is 0.714. The van der Waals surface area contributed by atoms with Crippen LogP contribution in [0.1, 0.15) is 39.0 Å². The summed E-state index contributed by atoms with van der Waals surface area (Å²) in [5, 5.41) is 3.54. The molecule has 98 valence electrons. The van der Waals surface area contributed by atoms with Gasteiger partial charge in [-0.15, -0.1) is 11.3 Å². The van der Waals surface area contributed by atoms with Crippen molar-refractivity contribution in [1.82, 2.24) is 5.32 Å². The number of hydrogen-bond donors (Lipinski definition) is 1. The van der Waals surface area contributed by atoms with E-state index in [4.69, 9.17) is 11.6 Å². The van der Waals surface area contributed by atoms with Gasteiger partial charge in [-0.05, 0) is 49.4 Å². The SMILES string of the molecule is CCCNCC(Cc1ccc(Cl)s1)C(C)(C)C. The smallest absolute Gasteiger partial charge is 0.0931 e. The summed E-state index contributed by atoms with van der Waals surface area (Å²) in [7, 11) is 0. The van der Waals surface area contributed by atoms with E-state index in [9.17, 15) is 0 Å². The lowest BCUT2D eigenvalue weighted by atomic mass is 9.78. The third kappa shape index (κ3) is 5.41. The van der Waals surface area contributed by atoms with E-state index in [1.165, 1.54) is 11.3 Å². The molecule has 3 heteroatoms. The summed E-state index contributed by atoms with van der Waals surface area (Å²) in [6.45, 7) is 11.4. The normalized spacial score (nSPS) is 13.9. The Morgan fingerprint density at radius 2 is 2.06 bits per heavy atom. The van der Waals surface area contributed by atoms with Crippen molar-refractivity contribution in [3.05, 3.63) is 21.3 Å². The molecule has 0 saturated carbocycles. The molecule has 1 heterocycles. The zero-order chi connectivity index (χ0) is 12.9. The van der Waals surface area contributed by atoms with E-state index in [1.54, 1.807) is 11.3 Å². The number of rotatable bonds is 6. The molecule has 1 unspecified atom stereocenters. The minimum absolute atomic E-state index is 0.331. The lowest BCUT2D eigenvalue weighted by molar-refractivity contribution is 0.232. The summed E-state index contributed by atoms with van der Waals surface area (Å²) in [5.41, 5.74) is 0.331. The second-order valence-corrected chi connectivity index (χ2v) is 7.48. The van der Waals surface area contributed by atoms with Crippen LogP contribution in [0.3, 0.4) is 0 Å². The molecule has 1 rings (SSSR count). The monoisotopic (exact) mass is 273 g/mol. The van der Waals surface area contributed by atoms with E-state index in [1.807, 2.05) is 6.07 Å². The van der Waals surface area contributed by atoms with Crippen molar-refractivity contribution >= 4 is 22.9 Å². The molecule has 1 aromatic heterocycles. The first-order chi connectivity index (χ1) is 7.93. The van der Waals surface area contributed by atoms with Crippen molar-refractivity contribution in [2.75, 3.05) is 13.1 Å². The first-order valence-electron chi connectivity index (χ1n) is 6.38. The average Bonchev–Trinajstić information content (AvgIpc) is 2.61. The Balaban J connectivity index is 2.57. The second-order valence-electron chi connectivity index (χ2n) is 5.68. The molecule has 1 nitrogen and oxygen atoms in total. The minimum atomic E-state index is 0.331. The average molecular weight is 274 g/mol. The zero-order valence-corrected chi connectivity index (χ0v) is 12.9. The Bertz CT molecular complexity index is 327. The third-order valence-corrected chi connectivity index (χ3v) is 4.37. The van der Waals surface area contributed by atoms with Crippen molar-refractivity contribution in [3.8, 4) is 0 Å². The van der Waals surface area contributed by atoms with Gasteiger partial charge in [0.1, 0.15) is 0 Å². The highest BCUT2D eigenvalue weighted by atomic mass is 35.5. The molecular formula is C14H24ClNS. The van der Waals surface area contributed by atoms with E-state index in [2.05, 4.69) is 39.1 Å². The van der Waals surface area contributed by atoms with Crippen LogP contribution in [0.15, 0.2) is 12.1 Å². The fourth-order valence-corrected chi connectivity index (χ4v) is 3.01. The summed E-state index contributed by atoms with van der Waals surface area (Å²) >= 11 is 7.70. The van der Waals surface area contributed by atoms with Gasteiger partial charge in [-0.1, -0.05) is 39.3 Å². The molecule has 0 aliphatic heterocycles. The van der Waals surface area contributed by atoms with E-state index in [0.29, 0.717) is 11.3 Å². The van der Waals surface area contributed by atoms with E-state index in [0.717, 1.165) is 23.8 Å². The molecule has 0 aliphatic carbocycles. The van der Waals surface area contributed by atoms with Crippen LogP contribution in [0, 0.1) is 11.3 Å². The van der Waals surface area contributed by atoms with Crippen LogP contribution in [0.5, 0.6) is 0 Å². The van der Waals surface area contributed by atoms with Crippen molar-refractivity contribution in [3.63, 3.8) is 0 Å². The van der Waals surface area contributed by atoms with E-state index >= 15 is 0 Å². The van der Waals surface area contributed by atoms with Gasteiger partial charge >= 0.3 is 0 Å². The van der Waals surface area contributed by atoms with Gasteiger partial charge in [0, 0.05) is 4.88 Å². The van der Waals surface area contributed by atoms with E-state index in [-0.39, 0.29) is 0 Å². The van der Waals surface area contributed by atoms with Gasteiger partial charge in [-0.25, -0.2) is 0 Å². The Hall–Kier alpha value is -0.0500. The minimum Gasteiger partial charge on any atom is -0.316 e.